The lowest BCUT2D eigenvalue weighted by Crippen LogP contribution is -2.38. The molecule has 1 unspecified atom stereocenters. The smallest absolute Gasteiger partial charge is 0.242 e. The Labute approximate surface area is 155 Å². The Morgan fingerprint density at radius 1 is 1.27 bits per heavy atom. The number of rotatable bonds is 8. The zero-order valence-corrected chi connectivity index (χ0v) is 15.9. The van der Waals surface area contributed by atoms with Crippen LogP contribution in [0.5, 0.6) is 5.75 Å². The highest BCUT2D eigenvalue weighted by molar-refractivity contribution is 5.90. The van der Waals surface area contributed by atoms with Crippen molar-refractivity contribution in [3.05, 3.63) is 29.8 Å². The van der Waals surface area contributed by atoms with Gasteiger partial charge in [-0.25, -0.2) is 0 Å². The van der Waals surface area contributed by atoms with E-state index in [0.29, 0.717) is 23.7 Å². The average molecular weight is 359 g/mol. The minimum atomic E-state index is -0.420. The monoisotopic (exact) mass is 359 g/mol. The van der Waals surface area contributed by atoms with Crippen LogP contribution in [0.3, 0.4) is 0 Å². The van der Waals surface area contributed by atoms with Crippen LogP contribution in [0.1, 0.15) is 46.0 Å². The summed E-state index contributed by atoms with van der Waals surface area (Å²) in [6.07, 6.45) is 8.05. The molecule has 0 aliphatic heterocycles. The van der Waals surface area contributed by atoms with Crippen molar-refractivity contribution in [2.24, 2.45) is 0 Å². The molecule has 0 bridgehead atoms. The third-order valence-electron chi connectivity index (χ3n) is 4.42. The molecule has 0 spiro atoms. The van der Waals surface area contributed by atoms with Crippen molar-refractivity contribution >= 4 is 23.2 Å². The molecule has 0 aromatic heterocycles. The zero-order valence-electron chi connectivity index (χ0n) is 15.9. The predicted octanol–water partition coefficient (Wildman–Crippen LogP) is 3.46. The van der Waals surface area contributed by atoms with Crippen molar-refractivity contribution in [1.29, 1.82) is 0 Å². The fourth-order valence-corrected chi connectivity index (χ4v) is 3.03. The molecule has 1 aliphatic carbocycles. The molecule has 6 heteroatoms. The molecule has 1 aromatic carbocycles. The van der Waals surface area contributed by atoms with Crippen molar-refractivity contribution in [1.82, 2.24) is 5.32 Å². The Kier molecular flexibility index (Phi) is 7.51. The second kappa shape index (κ2) is 9.85. The number of allylic oxidation sites excluding steroid dienone is 1. The van der Waals surface area contributed by atoms with E-state index in [-0.39, 0.29) is 11.8 Å². The van der Waals surface area contributed by atoms with E-state index in [1.54, 1.807) is 32.2 Å². The van der Waals surface area contributed by atoms with Crippen LogP contribution in [0.2, 0.25) is 0 Å². The first-order chi connectivity index (χ1) is 12.5. The summed E-state index contributed by atoms with van der Waals surface area (Å²) in [7, 11) is 1.57. The van der Waals surface area contributed by atoms with E-state index in [9.17, 15) is 9.59 Å². The minimum absolute atomic E-state index is 0.0617. The molecule has 26 heavy (non-hydrogen) atoms. The van der Waals surface area contributed by atoms with Gasteiger partial charge < -0.3 is 20.7 Å². The second-order valence-electron chi connectivity index (χ2n) is 6.61. The maximum absolute atomic E-state index is 12.3. The van der Waals surface area contributed by atoms with Crippen LogP contribution in [0.15, 0.2) is 29.8 Å². The Morgan fingerprint density at radius 3 is 2.73 bits per heavy atom. The van der Waals surface area contributed by atoms with E-state index in [2.05, 4.69) is 22.0 Å². The molecule has 2 amide bonds. The van der Waals surface area contributed by atoms with Crippen LogP contribution in [0.4, 0.5) is 11.4 Å². The van der Waals surface area contributed by atoms with Crippen molar-refractivity contribution in [3.63, 3.8) is 0 Å². The van der Waals surface area contributed by atoms with Gasteiger partial charge in [-0.1, -0.05) is 11.6 Å². The van der Waals surface area contributed by atoms with Crippen molar-refractivity contribution in [2.75, 3.05) is 24.3 Å². The topological polar surface area (TPSA) is 79.5 Å². The van der Waals surface area contributed by atoms with Crippen LogP contribution in [-0.2, 0) is 9.59 Å². The molecule has 0 radical (unpaired) electrons. The first-order valence-electron chi connectivity index (χ1n) is 9.17. The fourth-order valence-electron chi connectivity index (χ4n) is 3.03. The highest BCUT2D eigenvalue weighted by Gasteiger charge is 2.15. The molecule has 142 valence electrons. The lowest BCUT2D eigenvalue weighted by Gasteiger charge is -2.19. The normalized spacial score (nSPS) is 14.8. The molecular weight excluding hydrogens is 330 g/mol. The van der Waals surface area contributed by atoms with Gasteiger partial charge in [-0.3, -0.25) is 9.59 Å². The summed E-state index contributed by atoms with van der Waals surface area (Å²) in [4.78, 5) is 23.6. The van der Waals surface area contributed by atoms with Crippen LogP contribution in [-0.4, -0.2) is 31.5 Å². The largest absolute Gasteiger partial charge is 0.495 e. The van der Waals surface area contributed by atoms with E-state index in [1.165, 1.54) is 25.3 Å². The Bertz CT molecular complexity index is 670. The number of carbonyl (C=O) groups is 2. The van der Waals surface area contributed by atoms with Crippen LogP contribution >= 0.6 is 0 Å². The van der Waals surface area contributed by atoms with Crippen LogP contribution in [0, 0.1) is 0 Å². The molecule has 0 saturated heterocycles. The summed E-state index contributed by atoms with van der Waals surface area (Å²) in [5.41, 5.74) is 2.76. The second-order valence-corrected chi connectivity index (χ2v) is 6.61. The SMILES string of the molecule is COc1ccc(NC(C)=O)cc1NC(C)C(=O)NCCC1=CCCCC1. The molecule has 1 aromatic rings. The van der Waals surface area contributed by atoms with E-state index in [1.807, 2.05) is 0 Å². The van der Waals surface area contributed by atoms with Gasteiger partial charge in [0.05, 0.1) is 12.8 Å². The lowest BCUT2D eigenvalue weighted by molar-refractivity contribution is -0.121. The number of hydrogen-bond donors (Lipinski definition) is 3. The highest BCUT2D eigenvalue weighted by Crippen LogP contribution is 2.28. The maximum Gasteiger partial charge on any atom is 0.242 e. The number of anilines is 2. The number of carbonyl (C=O) groups excluding carboxylic acids is 2. The minimum Gasteiger partial charge on any atom is -0.495 e. The molecule has 0 saturated carbocycles. The number of nitrogens with one attached hydrogen (secondary N) is 3. The van der Waals surface area contributed by atoms with E-state index in [4.69, 9.17) is 4.74 Å². The molecule has 2 rings (SSSR count). The van der Waals surface area contributed by atoms with Gasteiger partial charge in [0.15, 0.2) is 0 Å². The van der Waals surface area contributed by atoms with Crippen molar-refractivity contribution in [2.45, 2.75) is 52.0 Å². The number of benzene rings is 1. The number of hydrogen-bond acceptors (Lipinski definition) is 4. The molecule has 6 nitrogen and oxygen atoms in total. The van der Waals surface area contributed by atoms with Crippen LogP contribution in [0.25, 0.3) is 0 Å². The first-order valence-corrected chi connectivity index (χ1v) is 9.17. The maximum atomic E-state index is 12.3. The summed E-state index contributed by atoms with van der Waals surface area (Å²) in [5, 5.41) is 8.87. The highest BCUT2D eigenvalue weighted by atomic mass is 16.5. The zero-order chi connectivity index (χ0) is 18.9. The van der Waals surface area contributed by atoms with E-state index >= 15 is 0 Å². The van der Waals surface area contributed by atoms with Gasteiger partial charge in [-0.05, 0) is 57.2 Å². The van der Waals surface area contributed by atoms with Gasteiger partial charge in [-0.15, -0.1) is 0 Å². The van der Waals surface area contributed by atoms with Crippen LogP contribution < -0.4 is 20.7 Å². The number of amides is 2. The van der Waals surface area contributed by atoms with Gasteiger partial charge >= 0.3 is 0 Å². The fraction of sp³-hybridized carbons (Fsp3) is 0.500. The predicted molar refractivity (Wildman–Crippen MR) is 105 cm³/mol. The standard InChI is InChI=1S/C20H29N3O3/c1-14(20(25)21-12-11-16-7-5-4-6-8-16)22-18-13-17(23-15(2)24)9-10-19(18)26-3/h7,9-10,13-14,22H,4-6,8,11-12H2,1-3H3,(H,21,25)(H,23,24). The van der Waals surface area contributed by atoms with Gasteiger partial charge in [-0.2, -0.15) is 0 Å². The molecule has 3 N–H and O–H groups in total. The molecular formula is C20H29N3O3. The summed E-state index contributed by atoms with van der Waals surface area (Å²) in [6.45, 7) is 3.91. The summed E-state index contributed by atoms with van der Waals surface area (Å²) in [5.74, 6) is 0.406. The van der Waals surface area contributed by atoms with E-state index in [0.717, 1.165) is 19.3 Å². The summed E-state index contributed by atoms with van der Waals surface area (Å²) < 4.78 is 5.33. The Morgan fingerprint density at radius 2 is 2.08 bits per heavy atom. The summed E-state index contributed by atoms with van der Waals surface area (Å²) in [6, 6.07) is 4.86. The third kappa shape index (κ3) is 6.10. The number of ether oxygens (including phenoxy) is 1. The van der Waals surface area contributed by atoms with Gasteiger partial charge in [0.1, 0.15) is 11.8 Å². The summed E-state index contributed by atoms with van der Waals surface area (Å²) >= 11 is 0. The van der Waals surface area contributed by atoms with Crippen molar-refractivity contribution in [3.8, 4) is 5.75 Å². The third-order valence-corrected chi connectivity index (χ3v) is 4.42. The Balaban J connectivity index is 1.90. The first kappa shape index (κ1) is 19.8. The van der Waals surface area contributed by atoms with Gasteiger partial charge in [0.25, 0.3) is 0 Å². The lowest BCUT2D eigenvalue weighted by atomic mass is 9.97. The molecule has 0 fully saturated rings. The molecule has 0 heterocycles. The molecule has 1 aliphatic rings. The van der Waals surface area contributed by atoms with Gasteiger partial charge in [0.2, 0.25) is 11.8 Å². The Hall–Kier alpha value is -2.50. The quantitative estimate of drug-likeness (QED) is 0.621. The van der Waals surface area contributed by atoms with E-state index < -0.39 is 6.04 Å². The molecule has 1 atom stereocenters. The van der Waals surface area contributed by atoms with Gasteiger partial charge in [0, 0.05) is 19.2 Å². The average Bonchev–Trinajstić information content (AvgIpc) is 2.62. The number of methoxy groups -OCH3 is 1. The van der Waals surface area contributed by atoms with Crippen molar-refractivity contribution < 1.29 is 14.3 Å².